The van der Waals surface area contributed by atoms with Gasteiger partial charge in [-0.3, -0.25) is 5.41 Å². The summed E-state index contributed by atoms with van der Waals surface area (Å²) in [6.45, 7) is 3.62. The molecule has 0 spiro atoms. The molecule has 0 saturated carbocycles. The molecule has 134 valence electrons. The Hall–Kier alpha value is -2.67. The zero-order chi connectivity index (χ0) is 18.9. The van der Waals surface area contributed by atoms with Crippen LogP contribution in [-0.4, -0.2) is 10.7 Å². The average Bonchev–Trinajstić information content (AvgIpc) is 3.11. The van der Waals surface area contributed by atoms with Gasteiger partial charge in [-0.1, -0.05) is 6.07 Å². The van der Waals surface area contributed by atoms with Gasteiger partial charge >= 0.3 is 6.18 Å². The summed E-state index contributed by atoms with van der Waals surface area (Å²) in [6.07, 6.45) is -2.78. The second-order valence-corrected chi connectivity index (χ2v) is 6.67. The molecule has 0 atom stereocenters. The molecule has 1 aromatic heterocycles. The fourth-order valence-corrected chi connectivity index (χ4v) is 3.09. The van der Waals surface area contributed by atoms with Crippen molar-refractivity contribution in [3.8, 4) is 11.5 Å². The fraction of sp³-hybridized carbons (Fsp3) is 0.158. The van der Waals surface area contributed by atoms with E-state index in [0.29, 0.717) is 22.0 Å². The Morgan fingerprint density at radius 3 is 2.54 bits per heavy atom. The minimum absolute atomic E-state index is 0.116. The van der Waals surface area contributed by atoms with E-state index in [0.717, 1.165) is 23.3 Å². The molecule has 3 rings (SSSR count). The molecular formula is C19H15F3N2OS. The van der Waals surface area contributed by atoms with Crippen LogP contribution in [-0.2, 0) is 6.18 Å². The van der Waals surface area contributed by atoms with Crippen LogP contribution < -0.4 is 4.74 Å². The minimum atomic E-state index is -4.42. The first-order valence-electron chi connectivity index (χ1n) is 7.71. The Morgan fingerprint density at radius 2 is 1.88 bits per heavy atom. The fourth-order valence-electron chi connectivity index (χ4n) is 2.49. The smallest absolute Gasteiger partial charge is 0.416 e. The predicted molar refractivity (Wildman–Crippen MR) is 95.5 cm³/mol. The highest BCUT2D eigenvalue weighted by Gasteiger charge is 2.30. The maximum atomic E-state index is 12.8. The Morgan fingerprint density at radius 1 is 1.12 bits per heavy atom. The third-order valence-electron chi connectivity index (χ3n) is 3.83. The maximum Gasteiger partial charge on any atom is 0.416 e. The normalized spacial score (nSPS) is 11.4. The summed E-state index contributed by atoms with van der Waals surface area (Å²) in [4.78, 5) is 4.14. The van der Waals surface area contributed by atoms with Crippen LogP contribution in [0.3, 0.4) is 0 Å². The lowest BCUT2D eigenvalue weighted by molar-refractivity contribution is -0.137. The lowest BCUT2D eigenvalue weighted by atomic mass is 10.0. The molecule has 2 aromatic carbocycles. The molecule has 0 fully saturated rings. The lowest BCUT2D eigenvalue weighted by Crippen LogP contribution is -2.05. The molecule has 3 aromatic rings. The van der Waals surface area contributed by atoms with Gasteiger partial charge in [-0.2, -0.15) is 13.2 Å². The molecule has 0 bridgehead atoms. The van der Waals surface area contributed by atoms with Crippen molar-refractivity contribution in [2.45, 2.75) is 20.0 Å². The lowest BCUT2D eigenvalue weighted by Gasteiger charge is -2.14. The van der Waals surface area contributed by atoms with Gasteiger partial charge < -0.3 is 4.74 Å². The first-order valence-corrected chi connectivity index (χ1v) is 8.59. The molecule has 26 heavy (non-hydrogen) atoms. The minimum Gasteiger partial charge on any atom is -0.457 e. The van der Waals surface area contributed by atoms with E-state index in [4.69, 9.17) is 10.1 Å². The third-order valence-corrected chi connectivity index (χ3v) is 4.62. The summed E-state index contributed by atoms with van der Waals surface area (Å²) in [5, 5.41) is 10.7. The Labute approximate surface area is 152 Å². The van der Waals surface area contributed by atoms with E-state index in [2.05, 4.69) is 4.98 Å². The van der Waals surface area contributed by atoms with E-state index < -0.39 is 11.7 Å². The summed E-state index contributed by atoms with van der Waals surface area (Å²) in [5.41, 5.74) is 1.79. The number of halogens is 3. The number of hydrogen-bond acceptors (Lipinski definition) is 4. The molecule has 0 amide bonds. The molecule has 0 radical (unpaired) electrons. The van der Waals surface area contributed by atoms with Gasteiger partial charge in [-0.25, -0.2) is 4.98 Å². The number of aromatic nitrogens is 1. The quantitative estimate of drug-likeness (QED) is 0.569. The molecule has 3 nitrogen and oxygen atoms in total. The van der Waals surface area contributed by atoms with E-state index >= 15 is 0 Å². The molecule has 0 saturated heterocycles. The van der Waals surface area contributed by atoms with Crippen LogP contribution >= 0.6 is 11.3 Å². The number of nitrogens with zero attached hydrogens (tertiary/aromatic N) is 1. The highest BCUT2D eigenvalue weighted by molar-refractivity contribution is 7.11. The van der Waals surface area contributed by atoms with Crippen molar-refractivity contribution in [1.29, 1.82) is 5.41 Å². The van der Waals surface area contributed by atoms with Crippen LogP contribution in [0.25, 0.3) is 0 Å². The molecule has 7 heteroatoms. The zero-order valence-electron chi connectivity index (χ0n) is 14.0. The first kappa shape index (κ1) is 18.1. The number of benzene rings is 2. The van der Waals surface area contributed by atoms with Gasteiger partial charge in [0.05, 0.1) is 11.3 Å². The van der Waals surface area contributed by atoms with Gasteiger partial charge in [-0.05, 0) is 55.3 Å². The van der Waals surface area contributed by atoms with E-state index in [-0.39, 0.29) is 5.75 Å². The van der Waals surface area contributed by atoms with Gasteiger partial charge in [0.2, 0.25) is 0 Å². The number of nitrogens with one attached hydrogen (secondary N) is 1. The Bertz CT molecular complexity index is 950. The van der Waals surface area contributed by atoms with Gasteiger partial charge in [0, 0.05) is 17.1 Å². The number of hydrogen-bond donors (Lipinski definition) is 1. The van der Waals surface area contributed by atoms with Crippen LogP contribution in [0.1, 0.15) is 27.3 Å². The second-order valence-electron chi connectivity index (χ2n) is 5.77. The zero-order valence-corrected chi connectivity index (χ0v) is 14.8. The largest absolute Gasteiger partial charge is 0.457 e. The first-order chi connectivity index (χ1) is 12.3. The number of aryl methyl sites for hydroxylation is 2. The summed E-state index contributed by atoms with van der Waals surface area (Å²) in [7, 11) is 0. The standard InChI is InChI=1S/C19H15F3N2OS/c1-11-9-16(25-14-5-3-4-13(10-14)19(20,21)22)12(2)8-15(11)17(23)18-24-6-7-26-18/h3-10,23H,1-2H3. The number of alkyl halides is 3. The number of thiazole rings is 1. The molecule has 0 aliphatic rings. The maximum absolute atomic E-state index is 12.8. The molecular weight excluding hydrogens is 361 g/mol. The van der Waals surface area contributed by atoms with Crippen molar-refractivity contribution in [2.24, 2.45) is 0 Å². The topological polar surface area (TPSA) is 46.0 Å². The van der Waals surface area contributed by atoms with Gasteiger partial charge in [0.15, 0.2) is 0 Å². The van der Waals surface area contributed by atoms with Crippen LogP contribution in [0.5, 0.6) is 11.5 Å². The Kier molecular flexibility index (Phi) is 4.82. The van der Waals surface area contributed by atoms with E-state index in [1.807, 2.05) is 6.92 Å². The molecule has 0 aliphatic heterocycles. The van der Waals surface area contributed by atoms with Crippen molar-refractivity contribution < 1.29 is 17.9 Å². The van der Waals surface area contributed by atoms with Crippen LogP contribution in [0.4, 0.5) is 13.2 Å². The van der Waals surface area contributed by atoms with Crippen molar-refractivity contribution in [3.63, 3.8) is 0 Å². The average molecular weight is 376 g/mol. The summed E-state index contributed by atoms with van der Waals surface area (Å²) in [6, 6.07) is 8.29. The summed E-state index contributed by atoms with van der Waals surface area (Å²) < 4.78 is 44.2. The van der Waals surface area contributed by atoms with E-state index in [9.17, 15) is 13.2 Å². The van der Waals surface area contributed by atoms with Crippen molar-refractivity contribution in [2.75, 3.05) is 0 Å². The van der Waals surface area contributed by atoms with Gasteiger partial charge in [0.1, 0.15) is 16.5 Å². The monoisotopic (exact) mass is 376 g/mol. The van der Waals surface area contributed by atoms with E-state index in [1.54, 1.807) is 30.6 Å². The van der Waals surface area contributed by atoms with Crippen molar-refractivity contribution >= 4 is 17.0 Å². The third kappa shape index (κ3) is 3.77. The molecule has 1 heterocycles. The predicted octanol–water partition coefficient (Wildman–Crippen LogP) is 5.99. The SMILES string of the molecule is Cc1cc(C(=N)c2nccs2)c(C)cc1Oc1cccc(C(F)(F)F)c1. The van der Waals surface area contributed by atoms with Crippen LogP contribution in [0.2, 0.25) is 0 Å². The van der Waals surface area contributed by atoms with Gasteiger partial charge in [0.25, 0.3) is 0 Å². The van der Waals surface area contributed by atoms with Crippen molar-refractivity contribution in [3.05, 3.63) is 75.2 Å². The highest BCUT2D eigenvalue weighted by Crippen LogP contribution is 2.34. The van der Waals surface area contributed by atoms with Gasteiger partial charge in [-0.15, -0.1) is 11.3 Å². The molecule has 0 aliphatic carbocycles. The second kappa shape index (κ2) is 6.92. The van der Waals surface area contributed by atoms with Crippen LogP contribution in [0.15, 0.2) is 48.0 Å². The highest BCUT2D eigenvalue weighted by atomic mass is 32.1. The Balaban J connectivity index is 1.91. The van der Waals surface area contributed by atoms with Crippen molar-refractivity contribution in [1.82, 2.24) is 4.98 Å². The summed E-state index contributed by atoms with van der Waals surface area (Å²) >= 11 is 1.38. The van der Waals surface area contributed by atoms with E-state index in [1.165, 1.54) is 23.5 Å². The summed E-state index contributed by atoms with van der Waals surface area (Å²) in [5.74, 6) is 0.572. The molecule has 1 N–H and O–H groups in total. The number of rotatable bonds is 4. The number of ether oxygens (including phenoxy) is 1. The van der Waals surface area contributed by atoms with Crippen LogP contribution in [0, 0.1) is 19.3 Å². The molecule has 0 unspecified atom stereocenters.